The van der Waals surface area contributed by atoms with E-state index in [4.69, 9.17) is 5.73 Å². The third-order valence-corrected chi connectivity index (χ3v) is 2.05. The van der Waals surface area contributed by atoms with Gasteiger partial charge in [0.25, 0.3) is 5.91 Å². The van der Waals surface area contributed by atoms with Crippen LogP contribution in [0.1, 0.15) is 11.6 Å². The molecule has 0 saturated heterocycles. The molecule has 1 aromatic carbocycles. The van der Waals surface area contributed by atoms with Crippen molar-refractivity contribution in [3.05, 3.63) is 35.9 Å². The lowest BCUT2D eigenvalue weighted by Crippen LogP contribution is -2.30. The Morgan fingerprint density at radius 1 is 1.23 bits per heavy atom. The van der Waals surface area contributed by atoms with Crippen LogP contribution in [0.25, 0.3) is 0 Å². The molecule has 2 atom stereocenters. The molecular formula is C9H9N3O. The zero-order valence-electron chi connectivity index (χ0n) is 6.92. The standard InChI is InChI=1S/C9H9N3O/c10-7-8(11-12-9(7)13)6-4-2-1-3-5-6/h1-5,7-8H,10H2. The Morgan fingerprint density at radius 3 is 2.46 bits per heavy atom. The van der Waals surface area contributed by atoms with Crippen molar-refractivity contribution < 1.29 is 4.79 Å². The first-order chi connectivity index (χ1) is 6.29. The molecule has 1 amide bonds. The van der Waals surface area contributed by atoms with E-state index in [1.165, 1.54) is 0 Å². The van der Waals surface area contributed by atoms with E-state index in [9.17, 15) is 4.79 Å². The molecule has 2 N–H and O–H groups in total. The Balaban J connectivity index is 2.29. The van der Waals surface area contributed by atoms with Crippen LogP contribution in [0.15, 0.2) is 40.6 Å². The van der Waals surface area contributed by atoms with Crippen LogP contribution in [-0.2, 0) is 4.79 Å². The lowest BCUT2D eigenvalue weighted by atomic mass is 10.0. The molecule has 0 radical (unpaired) electrons. The highest BCUT2D eigenvalue weighted by Gasteiger charge is 2.30. The number of nitrogens with zero attached hydrogens (tertiary/aromatic N) is 2. The lowest BCUT2D eigenvalue weighted by Gasteiger charge is -2.09. The van der Waals surface area contributed by atoms with Crippen LogP contribution in [0.4, 0.5) is 0 Å². The summed E-state index contributed by atoms with van der Waals surface area (Å²) < 4.78 is 0. The maximum atomic E-state index is 11.0. The number of benzene rings is 1. The Morgan fingerprint density at radius 2 is 1.92 bits per heavy atom. The number of nitrogens with two attached hydrogens (primary N) is 1. The van der Waals surface area contributed by atoms with Gasteiger partial charge in [-0.15, -0.1) is 5.11 Å². The normalized spacial score (nSPS) is 26.7. The molecule has 66 valence electrons. The number of rotatable bonds is 1. The second-order valence-corrected chi connectivity index (χ2v) is 2.94. The van der Waals surface area contributed by atoms with E-state index < -0.39 is 6.04 Å². The van der Waals surface area contributed by atoms with Crippen LogP contribution < -0.4 is 5.73 Å². The van der Waals surface area contributed by atoms with Gasteiger partial charge in [-0.2, -0.15) is 5.11 Å². The molecular weight excluding hydrogens is 166 g/mol. The van der Waals surface area contributed by atoms with Crippen LogP contribution in [-0.4, -0.2) is 11.9 Å². The predicted octanol–water partition coefficient (Wildman–Crippen LogP) is 1.05. The predicted molar refractivity (Wildman–Crippen MR) is 47.0 cm³/mol. The van der Waals surface area contributed by atoms with Crippen LogP contribution in [0.5, 0.6) is 0 Å². The molecule has 1 aliphatic rings. The Labute approximate surface area is 75.5 Å². The number of amides is 1. The fourth-order valence-corrected chi connectivity index (χ4v) is 1.32. The van der Waals surface area contributed by atoms with E-state index in [-0.39, 0.29) is 11.9 Å². The minimum Gasteiger partial charge on any atom is -0.318 e. The fourth-order valence-electron chi connectivity index (χ4n) is 1.32. The van der Waals surface area contributed by atoms with Gasteiger partial charge in [-0.25, -0.2) is 0 Å². The first-order valence-electron chi connectivity index (χ1n) is 4.04. The molecule has 0 bridgehead atoms. The molecule has 0 saturated carbocycles. The smallest absolute Gasteiger partial charge is 0.283 e. The van der Waals surface area contributed by atoms with E-state index in [1.807, 2.05) is 30.3 Å². The number of hydrogen-bond donors (Lipinski definition) is 1. The molecule has 0 aromatic heterocycles. The van der Waals surface area contributed by atoms with Crippen LogP contribution >= 0.6 is 0 Å². The van der Waals surface area contributed by atoms with Gasteiger partial charge in [0.2, 0.25) is 0 Å². The second-order valence-electron chi connectivity index (χ2n) is 2.94. The van der Waals surface area contributed by atoms with Gasteiger partial charge in [0.15, 0.2) is 0 Å². The molecule has 1 heterocycles. The molecule has 0 aliphatic carbocycles. The van der Waals surface area contributed by atoms with E-state index in [2.05, 4.69) is 10.2 Å². The van der Waals surface area contributed by atoms with Gasteiger partial charge < -0.3 is 5.73 Å². The van der Waals surface area contributed by atoms with E-state index >= 15 is 0 Å². The molecule has 0 spiro atoms. The average molecular weight is 175 g/mol. The lowest BCUT2D eigenvalue weighted by molar-refractivity contribution is -0.118. The van der Waals surface area contributed by atoms with Gasteiger partial charge in [0.1, 0.15) is 12.1 Å². The van der Waals surface area contributed by atoms with Crippen molar-refractivity contribution in [1.29, 1.82) is 0 Å². The van der Waals surface area contributed by atoms with Crippen molar-refractivity contribution in [1.82, 2.24) is 0 Å². The highest BCUT2D eigenvalue weighted by atomic mass is 16.2. The minimum absolute atomic E-state index is 0.298. The van der Waals surface area contributed by atoms with Gasteiger partial charge in [0.05, 0.1) is 0 Å². The Hall–Kier alpha value is -1.55. The number of carbonyl (C=O) groups excluding carboxylic acids is 1. The Bertz CT molecular complexity index is 347. The molecule has 4 nitrogen and oxygen atoms in total. The van der Waals surface area contributed by atoms with Crippen molar-refractivity contribution in [2.75, 3.05) is 0 Å². The largest absolute Gasteiger partial charge is 0.318 e. The maximum absolute atomic E-state index is 11.0. The summed E-state index contributed by atoms with van der Waals surface area (Å²) in [5, 5.41) is 7.25. The summed E-state index contributed by atoms with van der Waals surface area (Å²) in [6.07, 6.45) is 0. The average Bonchev–Trinajstić information content (AvgIpc) is 2.49. The molecule has 13 heavy (non-hydrogen) atoms. The fraction of sp³-hybridized carbons (Fsp3) is 0.222. The summed E-state index contributed by atoms with van der Waals surface area (Å²) in [4.78, 5) is 11.0. The van der Waals surface area contributed by atoms with Gasteiger partial charge in [0, 0.05) is 0 Å². The second kappa shape index (κ2) is 3.06. The first-order valence-corrected chi connectivity index (χ1v) is 4.04. The molecule has 1 aliphatic heterocycles. The maximum Gasteiger partial charge on any atom is 0.283 e. The monoisotopic (exact) mass is 175 g/mol. The topological polar surface area (TPSA) is 67.8 Å². The summed E-state index contributed by atoms with van der Waals surface area (Å²) in [7, 11) is 0. The SMILES string of the molecule is NC1C(=O)N=NC1c1ccccc1. The van der Waals surface area contributed by atoms with Crippen molar-refractivity contribution in [3.8, 4) is 0 Å². The van der Waals surface area contributed by atoms with Gasteiger partial charge in [-0.3, -0.25) is 4.79 Å². The van der Waals surface area contributed by atoms with Crippen LogP contribution in [0.2, 0.25) is 0 Å². The van der Waals surface area contributed by atoms with Crippen molar-refractivity contribution in [3.63, 3.8) is 0 Å². The molecule has 2 unspecified atom stereocenters. The number of azo groups is 1. The summed E-state index contributed by atoms with van der Waals surface area (Å²) in [6, 6.07) is 8.56. The quantitative estimate of drug-likeness (QED) is 0.693. The third kappa shape index (κ3) is 1.36. The van der Waals surface area contributed by atoms with Gasteiger partial charge in [-0.1, -0.05) is 30.3 Å². The van der Waals surface area contributed by atoms with Gasteiger partial charge in [-0.05, 0) is 5.56 Å². The molecule has 4 heteroatoms. The van der Waals surface area contributed by atoms with Crippen LogP contribution in [0, 0.1) is 0 Å². The van der Waals surface area contributed by atoms with Crippen molar-refractivity contribution in [2.45, 2.75) is 12.1 Å². The van der Waals surface area contributed by atoms with E-state index in [1.54, 1.807) is 0 Å². The summed E-state index contributed by atoms with van der Waals surface area (Å²) in [5.74, 6) is -0.339. The number of hydrogen-bond acceptors (Lipinski definition) is 3. The third-order valence-electron chi connectivity index (χ3n) is 2.05. The first kappa shape index (κ1) is 8.07. The molecule has 1 aromatic rings. The van der Waals surface area contributed by atoms with Crippen LogP contribution in [0.3, 0.4) is 0 Å². The van der Waals surface area contributed by atoms with E-state index in [0.717, 1.165) is 5.56 Å². The molecule has 0 fully saturated rings. The van der Waals surface area contributed by atoms with Gasteiger partial charge >= 0.3 is 0 Å². The Kier molecular flexibility index (Phi) is 1.90. The zero-order valence-corrected chi connectivity index (χ0v) is 6.92. The number of carbonyl (C=O) groups is 1. The minimum atomic E-state index is -0.609. The van der Waals surface area contributed by atoms with Crippen molar-refractivity contribution in [2.24, 2.45) is 16.0 Å². The summed E-state index contributed by atoms with van der Waals surface area (Å²) in [6.45, 7) is 0. The summed E-state index contributed by atoms with van der Waals surface area (Å²) in [5.41, 5.74) is 6.55. The zero-order chi connectivity index (χ0) is 9.26. The highest BCUT2D eigenvalue weighted by Crippen LogP contribution is 2.25. The highest BCUT2D eigenvalue weighted by molar-refractivity contribution is 5.84. The summed E-state index contributed by atoms with van der Waals surface area (Å²) >= 11 is 0. The van der Waals surface area contributed by atoms with E-state index in [0.29, 0.717) is 0 Å². The molecule has 2 rings (SSSR count). The van der Waals surface area contributed by atoms with Crippen molar-refractivity contribution >= 4 is 5.91 Å².